The third kappa shape index (κ3) is 1.55. The van der Waals surface area contributed by atoms with Gasteiger partial charge in [-0.05, 0) is 62.7 Å². The average molecular weight is 304 g/mol. The molecule has 6 aliphatic rings. The van der Waals surface area contributed by atoms with Gasteiger partial charge in [-0.3, -0.25) is 4.79 Å². The second kappa shape index (κ2) is 4.18. The first-order valence-corrected chi connectivity index (χ1v) is 8.88. The van der Waals surface area contributed by atoms with Gasteiger partial charge in [-0.25, -0.2) is 4.79 Å². The van der Waals surface area contributed by atoms with E-state index in [1.807, 2.05) is 0 Å². The van der Waals surface area contributed by atoms with Crippen LogP contribution < -0.4 is 0 Å². The lowest BCUT2D eigenvalue weighted by Crippen LogP contribution is -2.61. The van der Waals surface area contributed by atoms with Crippen molar-refractivity contribution in [2.24, 2.45) is 23.2 Å². The van der Waals surface area contributed by atoms with Crippen LogP contribution in [0.3, 0.4) is 0 Å². The molecule has 120 valence electrons. The van der Waals surface area contributed by atoms with E-state index >= 15 is 0 Å². The Kier molecular flexibility index (Phi) is 2.51. The molecule has 0 aromatic heterocycles. The van der Waals surface area contributed by atoms with Crippen molar-refractivity contribution in [2.45, 2.75) is 57.0 Å². The van der Waals surface area contributed by atoms with Crippen molar-refractivity contribution >= 4 is 12.0 Å². The van der Waals surface area contributed by atoms with Gasteiger partial charge in [0.15, 0.2) is 0 Å². The Morgan fingerprint density at radius 2 is 1.86 bits per heavy atom. The van der Waals surface area contributed by atoms with Crippen molar-refractivity contribution in [3.63, 3.8) is 0 Å². The molecular formula is C17H24N2O3. The molecular weight excluding hydrogens is 280 g/mol. The van der Waals surface area contributed by atoms with Gasteiger partial charge in [-0.1, -0.05) is 0 Å². The molecule has 22 heavy (non-hydrogen) atoms. The minimum absolute atomic E-state index is 0.240. The maximum Gasteiger partial charge on any atom is 0.320 e. The molecule has 0 aromatic rings. The van der Waals surface area contributed by atoms with Crippen molar-refractivity contribution in [3.05, 3.63) is 0 Å². The van der Waals surface area contributed by atoms with Crippen LogP contribution in [0, 0.1) is 23.2 Å². The lowest BCUT2D eigenvalue weighted by Gasteiger charge is -2.59. The number of carboxylic acid groups (broad SMARTS) is 1. The smallest absolute Gasteiger partial charge is 0.320 e. The van der Waals surface area contributed by atoms with Gasteiger partial charge in [-0.2, -0.15) is 0 Å². The van der Waals surface area contributed by atoms with Crippen LogP contribution >= 0.6 is 0 Å². The van der Waals surface area contributed by atoms with Gasteiger partial charge in [0.05, 0.1) is 11.5 Å². The molecule has 3 atom stereocenters. The van der Waals surface area contributed by atoms with Crippen LogP contribution in [0.4, 0.5) is 4.79 Å². The molecule has 2 aliphatic heterocycles. The number of amides is 2. The fourth-order valence-electron chi connectivity index (χ4n) is 6.77. The molecule has 4 saturated carbocycles. The number of carboxylic acids is 1. The second-order valence-electron chi connectivity index (χ2n) is 8.47. The summed E-state index contributed by atoms with van der Waals surface area (Å²) in [6.07, 6.45) is 7.06. The fraction of sp³-hybridized carbons (Fsp3) is 0.882. The standard InChI is InChI=1S/C17H24N2O3/c20-15(21)17-6-10-4-11(7-17)14(12(5-10)8-17)19-9-13-2-1-3-18(13)16(19)22/h10-14H,1-9H2,(H,20,21). The van der Waals surface area contributed by atoms with Gasteiger partial charge in [-0.15, -0.1) is 0 Å². The van der Waals surface area contributed by atoms with Crippen molar-refractivity contribution in [2.75, 3.05) is 13.1 Å². The van der Waals surface area contributed by atoms with E-state index in [-0.39, 0.29) is 6.03 Å². The molecule has 0 radical (unpaired) electrons. The monoisotopic (exact) mass is 304 g/mol. The van der Waals surface area contributed by atoms with Gasteiger partial charge in [0.2, 0.25) is 0 Å². The highest BCUT2D eigenvalue weighted by atomic mass is 16.4. The number of hydrogen-bond donors (Lipinski definition) is 1. The van der Waals surface area contributed by atoms with Gasteiger partial charge < -0.3 is 14.9 Å². The quantitative estimate of drug-likeness (QED) is 0.850. The number of carbonyl (C=O) groups excluding carboxylic acids is 1. The van der Waals surface area contributed by atoms with E-state index in [0.29, 0.717) is 29.8 Å². The van der Waals surface area contributed by atoms with Crippen LogP contribution in [0.2, 0.25) is 0 Å². The maximum absolute atomic E-state index is 12.8. The molecule has 0 spiro atoms. The average Bonchev–Trinajstić information content (AvgIpc) is 3.02. The molecule has 2 saturated heterocycles. The zero-order valence-corrected chi connectivity index (χ0v) is 12.9. The normalized spacial score (nSPS) is 49.1. The van der Waals surface area contributed by atoms with Crippen LogP contribution in [0.1, 0.15) is 44.9 Å². The topological polar surface area (TPSA) is 60.9 Å². The number of urea groups is 1. The first-order valence-electron chi connectivity index (χ1n) is 8.88. The Bertz CT molecular complexity index is 532. The Morgan fingerprint density at radius 3 is 2.50 bits per heavy atom. The third-order valence-corrected chi connectivity index (χ3v) is 7.31. The van der Waals surface area contributed by atoms with Crippen molar-refractivity contribution in [3.8, 4) is 0 Å². The van der Waals surface area contributed by atoms with E-state index < -0.39 is 11.4 Å². The molecule has 4 bridgehead atoms. The number of carbonyl (C=O) groups is 2. The highest BCUT2D eigenvalue weighted by Gasteiger charge is 2.61. The maximum atomic E-state index is 12.8. The number of aliphatic carboxylic acids is 1. The van der Waals surface area contributed by atoms with E-state index in [9.17, 15) is 14.7 Å². The zero-order valence-electron chi connectivity index (χ0n) is 12.9. The Labute approximate surface area is 130 Å². The van der Waals surface area contributed by atoms with Crippen LogP contribution in [0.15, 0.2) is 0 Å². The van der Waals surface area contributed by atoms with E-state index in [4.69, 9.17) is 0 Å². The molecule has 6 fully saturated rings. The van der Waals surface area contributed by atoms with Gasteiger partial charge in [0.25, 0.3) is 0 Å². The van der Waals surface area contributed by atoms with Crippen molar-refractivity contribution < 1.29 is 14.7 Å². The van der Waals surface area contributed by atoms with Gasteiger partial charge >= 0.3 is 12.0 Å². The molecule has 0 aromatic carbocycles. The minimum Gasteiger partial charge on any atom is -0.481 e. The summed E-state index contributed by atoms with van der Waals surface area (Å²) in [7, 11) is 0. The first kappa shape index (κ1) is 13.2. The molecule has 6 rings (SSSR count). The Morgan fingerprint density at radius 1 is 1.14 bits per heavy atom. The summed E-state index contributed by atoms with van der Waals surface area (Å²) in [6, 6.07) is 0.990. The van der Waals surface area contributed by atoms with Crippen LogP contribution in [-0.4, -0.2) is 52.1 Å². The van der Waals surface area contributed by atoms with Crippen LogP contribution in [-0.2, 0) is 4.79 Å². The SMILES string of the molecule is O=C1N2CCCC2CN1C1C2CC3CC1CC(C(=O)O)(C3)C2. The summed E-state index contributed by atoms with van der Waals surface area (Å²) in [5, 5.41) is 9.72. The van der Waals surface area contributed by atoms with Crippen molar-refractivity contribution in [1.82, 2.24) is 9.80 Å². The fourth-order valence-corrected chi connectivity index (χ4v) is 6.77. The number of nitrogens with zero attached hydrogens (tertiary/aromatic N) is 2. The largest absolute Gasteiger partial charge is 0.481 e. The van der Waals surface area contributed by atoms with E-state index in [0.717, 1.165) is 58.0 Å². The summed E-state index contributed by atoms with van der Waals surface area (Å²) in [5.41, 5.74) is -0.466. The summed E-state index contributed by atoms with van der Waals surface area (Å²) in [4.78, 5) is 28.8. The predicted molar refractivity (Wildman–Crippen MR) is 79.2 cm³/mol. The summed E-state index contributed by atoms with van der Waals surface area (Å²) >= 11 is 0. The molecule has 3 unspecified atom stereocenters. The lowest BCUT2D eigenvalue weighted by atomic mass is 9.47. The summed E-state index contributed by atoms with van der Waals surface area (Å²) in [6.45, 7) is 1.81. The van der Waals surface area contributed by atoms with Crippen LogP contribution in [0.25, 0.3) is 0 Å². The van der Waals surface area contributed by atoms with Crippen LogP contribution in [0.5, 0.6) is 0 Å². The highest BCUT2D eigenvalue weighted by molar-refractivity contribution is 5.79. The summed E-state index contributed by atoms with van der Waals surface area (Å²) in [5.74, 6) is 0.846. The zero-order chi connectivity index (χ0) is 15.1. The predicted octanol–water partition coefficient (Wildman–Crippen LogP) is 2.17. The molecule has 5 nitrogen and oxygen atoms in total. The molecule has 5 heteroatoms. The van der Waals surface area contributed by atoms with Gasteiger partial charge in [0, 0.05) is 19.1 Å². The second-order valence-corrected chi connectivity index (χ2v) is 8.47. The number of hydrogen-bond acceptors (Lipinski definition) is 2. The van der Waals surface area contributed by atoms with Gasteiger partial charge in [0.1, 0.15) is 0 Å². The Hall–Kier alpha value is -1.26. The summed E-state index contributed by atoms with van der Waals surface area (Å²) < 4.78 is 0. The van der Waals surface area contributed by atoms with Crippen molar-refractivity contribution in [1.29, 1.82) is 0 Å². The number of rotatable bonds is 2. The molecule has 2 amide bonds. The first-order chi connectivity index (χ1) is 10.6. The lowest BCUT2D eigenvalue weighted by molar-refractivity contribution is -0.170. The number of fused-ring (bicyclic) bond motifs is 1. The highest BCUT2D eigenvalue weighted by Crippen LogP contribution is 2.61. The Balaban J connectivity index is 1.44. The van der Waals surface area contributed by atoms with E-state index in [1.54, 1.807) is 0 Å². The molecule has 4 aliphatic carbocycles. The van der Waals surface area contributed by atoms with E-state index in [2.05, 4.69) is 9.80 Å². The van der Waals surface area contributed by atoms with E-state index in [1.165, 1.54) is 0 Å². The third-order valence-electron chi connectivity index (χ3n) is 7.31. The minimum atomic E-state index is -0.585. The molecule has 2 heterocycles. The molecule has 1 N–H and O–H groups in total.